The summed E-state index contributed by atoms with van der Waals surface area (Å²) in [5, 5.41) is 12.4. The van der Waals surface area contributed by atoms with Crippen molar-refractivity contribution in [2.75, 3.05) is 6.54 Å². The van der Waals surface area contributed by atoms with E-state index >= 15 is 0 Å². The molecule has 0 radical (unpaired) electrons. The van der Waals surface area contributed by atoms with E-state index in [9.17, 15) is 9.90 Å². The van der Waals surface area contributed by atoms with Crippen LogP contribution in [0.1, 0.15) is 44.7 Å². The van der Waals surface area contributed by atoms with Gasteiger partial charge in [0.1, 0.15) is 11.3 Å². The van der Waals surface area contributed by atoms with Gasteiger partial charge in [-0.05, 0) is 62.9 Å². The van der Waals surface area contributed by atoms with Crippen molar-refractivity contribution in [3.8, 4) is 5.75 Å². The summed E-state index contributed by atoms with van der Waals surface area (Å²) in [5.74, 6) is 0.00106. The minimum absolute atomic E-state index is 0.162. The van der Waals surface area contributed by atoms with Gasteiger partial charge < -0.3 is 15.2 Å². The third-order valence-electron chi connectivity index (χ3n) is 4.14. The molecule has 0 fully saturated rings. The van der Waals surface area contributed by atoms with Crippen molar-refractivity contribution in [3.05, 3.63) is 29.3 Å². The van der Waals surface area contributed by atoms with Crippen molar-refractivity contribution in [1.82, 2.24) is 5.32 Å². The number of aryl methyl sites for hydroxylation is 2. The van der Waals surface area contributed by atoms with Gasteiger partial charge in [0.2, 0.25) is 0 Å². The molecule has 21 heavy (non-hydrogen) atoms. The Labute approximate surface area is 126 Å². The Bertz CT molecular complexity index is 515. The number of benzene rings is 1. The van der Waals surface area contributed by atoms with Crippen LogP contribution in [0.3, 0.4) is 0 Å². The van der Waals surface area contributed by atoms with Crippen molar-refractivity contribution in [2.45, 2.75) is 58.1 Å². The van der Waals surface area contributed by atoms with Crippen molar-refractivity contribution in [3.63, 3.8) is 0 Å². The molecule has 4 heteroatoms. The summed E-state index contributed by atoms with van der Waals surface area (Å²) in [7, 11) is 0. The number of nitrogens with one attached hydrogen (secondary N) is 1. The summed E-state index contributed by atoms with van der Waals surface area (Å²) in [6.07, 6.45) is 3.75. The lowest BCUT2D eigenvalue weighted by atomic mass is 9.95. The Hall–Kier alpha value is -1.55. The zero-order valence-corrected chi connectivity index (χ0v) is 13.1. The molecule has 0 aromatic heterocycles. The van der Waals surface area contributed by atoms with Crippen LogP contribution >= 0.6 is 0 Å². The van der Waals surface area contributed by atoms with Gasteiger partial charge in [-0.1, -0.05) is 13.0 Å². The van der Waals surface area contributed by atoms with Crippen LogP contribution in [-0.2, 0) is 17.6 Å². The molecule has 1 aliphatic rings. The summed E-state index contributed by atoms with van der Waals surface area (Å²) in [6.45, 7) is 6.16. The normalized spacial score (nSPS) is 17.9. The Kier molecular flexibility index (Phi) is 4.88. The van der Waals surface area contributed by atoms with Crippen LogP contribution in [0.2, 0.25) is 0 Å². The number of carboxylic acid groups (broad SMARTS) is 1. The second kappa shape index (κ2) is 6.48. The van der Waals surface area contributed by atoms with Crippen LogP contribution in [0.15, 0.2) is 18.2 Å². The largest absolute Gasteiger partial charge is 0.491 e. The number of hydrogen-bond acceptors (Lipinski definition) is 3. The van der Waals surface area contributed by atoms with Crippen LogP contribution in [-0.4, -0.2) is 29.3 Å². The molecule has 1 aliphatic carbocycles. The topological polar surface area (TPSA) is 58.6 Å². The molecule has 0 heterocycles. The van der Waals surface area contributed by atoms with Crippen molar-refractivity contribution < 1.29 is 14.6 Å². The van der Waals surface area contributed by atoms with Crippen LogP contribution in [0.5, 0.6) is 5.75 Å². The average molecular weight is 291 g/mol. The lowest BCUT2D eigenvalue weighted by Crippen LogP contribution is -2.51. The van der Waals surface area contributed by atoms with E-state index in [0.29, 0.717) is 13.0 Å². The van der Waals surface area contributed by atoms with Gasteiger partial charge in [0.25, 0.3) is 0 Å². The molecule has 116 valence electrons. The number of fused-ring (bicyclic) bond motifs is 1. The summed E-state index contributed by atoms with van der Waals surface area (Å²) in [5.41, 5.74) is 1.83. The average Bonchev–Trinajstić information content (AvgIpc) is 2.85. The van der Waals surface area contributed by atoms with Crippen LogP contribution in [0.25, 0.3) is 0 Å². The zero-order chi connectivity index (χ0) is 15.5. The quantitative estimate of drug-likeness (QED) is 0.811. The van der Waals surface area contributed by atoms with Crippen molar-refractivity contribution in [1.29, 1.82) is 0 Å². The van der Waals surface area contributed by atoms with E-state index in [1.165, 1.54) is 17.5 Å². The predicted molar refractivity (Wildman–Crippen MR) is 82.9 cm³/mol. The molecule has 0 bridgehead atoms. The zero-order valence-electron chi connectivity index (χ0n) is 13.1. The third kappa shape index (κ3) is 3.76. The van der Waals surface area contributed by atoms with Gasteiger partial charge in [-0.3, -0.25) is 4.79 Å². The Morgan fingerprint density at radius 3 is 2.81 bits per heavy atom. The second-order valence-corrected chi connectivity index (χ2v) is 6.08. The highest BCUT2D eigenvalue weighted by Gasteiger charge is 2.34. The van der Waals surface area contributed by atoms with E-state index in [1.54, 1.807) is 6.92 Å². The molecule has 0 amide bonds. The smallest absolute Gasteiger partial charge is 0.323 e. The van der Waals surface area contributed by atoms with E-state index in [4.69, 9.17) is 4.74 Å². The first-order valence-corrected chi connectivity index (χ1v) is 7.71. The van der Waals surface area contributed by atoms with E-state index in [1.807, 2.05) is 19.9 Å². The molecule has 0 spiro atoms. The molecule has 1 aromatic rings. The maximum absolute atomic E-state index is 11.4. The number of likely N-dealkylation sites (N-methyl/N-ethyl adjacent to an activating group) is 1. The highest BCUT2D eigenvalue weighted by molar-refractivity contribution is 5.78. The maximum atomic E-state index is 11.4. The number of carbonyl (C=O) groups is 1. The second-order valence-electron chi connectivity index (χ2n) is 6.08. The first kappa shape index (κ1) is 15.8. The fourth-order valence-corrected chi connectivity index (χ4v) is 3.10. The highest BCUT2D eigenvalue weighted by atomic mass is 16.5. The molecule has 0 aliphatic heterocycles. The van der Waals surface area contributed by atoms with Gasteiger partial charge in [-0.2, -0.15) is 0 Å². The standard InChI is InChI=1S/C17H25NO3/c1-4-18-17(3,16(19)20)11-12(2)21-15-9-8-13-6-5-7-14(13)10-15/h8-10,12,18H,4-7,11H2,1-3H3,(H,19,20). The van der Waals surface area contributed by atoms with Crippen LogP contribution in [0, 0.1) is 0 Å². The predicted octanol–water partition coefficient (Wildman–Crippen LogP) is 2.79. The number of hydrogen-bond donors (Lipinski definition) is 2. The molecular weight excluding hydrogens is 266 g/mol. The van der Waals surface area contributed by atoms with Gasteiger partial charge in [-0.15, -0.1) is 0 Å². The van der Waals surface area contributed by atoms with Gasteiger partial charge in [-0.25, -0.2) is 0 Å². The fraction of sp³-hybridized carbons (Fsp3) is 0.588. The number of carboxylic acids is 1. The Balaban J connectivity index is 2.00. The van der Waals surface area contributed by atoms with E-state index in [0.717, 1.165) is 18.6 Å². The molecule has 2 rings (SSSR count). The van der Waals surface area contributed by atoms with E-state index in [2.05, 4.69) is 17.4 Å². The summed E-state index contributed by atoms with van der Waals surface area (Å²) in [4.78, 5) is 11.4. The van der Waals surface area contributed by atoms with Crippen molar-refractivity contribution in [2.24, 2.45) is 0 Å². The van der Waals surface area contributed by atoms with Gasteiger partial charge in [0, 0.05) is 6.42 Å². The molecule has 2 unspecified atom stereocenters. The Morgan fingerprint density at radius 2 is 2.14 bits per heavy atom. The van der Waals surface area contributed by atoms with Crippen LogP contribution < -0.4 is 10.1 Å². The molecule has 2 atom stereocenters. The molecule has 2 N–H and O–H groups in total. The number of rotatable bonds is 7. The lowest BCUT2D eigenvalue weighted by Gasteiger charge is -2.29. The molecule has 4 nitrogen and oxygen atoms in total. The number of aliphatic carboxylic acids is 1. The summed E-state index contributed by atoms with van der Waals surface area (Å²) in [6, 6.07) is 6.22. The number of ether oxygens (including phenoxy) is 1. The highest BCUT2D eigenvalue weighted by Crippen LogP contribution is 2.27. The summed E-state index contributed by atoms with van der Waals surface area (Å²) < 4.78 is 5.93. The first-order valence-electron chi connectivity index (χ1n) is 7.71. The molecular formula is C17H25NO3. The van der Waals surface area contributed by atoms with Gasteiger partial charge in [0.15, 0.2) is 0 Å². The lowest BCUT2D eigenvalue weighted by molar-refractivity contribution is -0.145. The van der Waals surface area contributed by atoms with Gasteiger partial charge >= 0.3 is 5.97 Å². The first-order chi connectivity index (χ1) is 9.94. The van der Waals surface area contributed by atoms with E-state index in [-0.39, 0.29) is 6.10 Å². The third-order valence-corrected chi connectivity index (χ3v) is 4.14. The van der Waals surface area contributed by atoms with E-state index < -0.39 is 11.5 Å². The monoisotopic (exact) mass is 291 g/mol. The Morgan fingerprint density at radius 1 is 1.43 bits per heavy atom. The minimum Gasteiger partial charge on any atom is -0.491 e. The maximum Gasteiger partial charge on any atom is 0.323 e. The van der Waals surface area contributed by atoms with Gasteiger partial charge in [0.05, 0.1) is 6.10 Å². The van der Waals surface area contributed by atoms with Crippen molar-refractivity contribution >= 4 is 5.97 Å². The van der Waals surface area contributed by atoms with Crippen LogP contribution in [0.4, 0.5) is 0 Å². The minimum atomic E-state index is -0.953. The fourth-order valence-electron chi connectivity index (χ4n) is 3.10. The molecule has 0 saturated heterocycles. The SMILES string of the molecule is CCNC(C)(CC(C)Oc1ccc2c(c1)CCC2)C(=O)O. The summed E-state index contributed by atoms with van der Waals surface area (Å²) >= 11 is 0. The molecule has 0 saturated carbocycles. The molecule has 1 aromatic carbocycles.